The maximum absolute atomic E-state index is 5.31. The predicted octanol–water partition coefficient (Wildman–Crippen LogP) is -0.0162. The van der Waals surface area contributed by atoms with Gasteiger partial charge >= 0.3 is 0 Å². The molecule has 0 saturated carbocycles. The summed E-state index contributed by atoms with van der Waals surface area (Å²) in [6, 6.07) is 0.318. The number of nitrogens with one attached hydrogen (secondary N) is 1. The first-order chi connectivity index (χ1) is 5.86. The van der Waals surface area contributed by atoms with Crippen molar-refractivity contribution in [2.45, 2.75) is 18.8 Å². The lowest BCUT2D eigenvalue weighted by atomic mass is 10.2. The number of likely N-dealkylation sites (N-methyl/N-ethyl adjacent to an activating group) is 1. The third-order valence-corrected chi connectivity index (χ3v) is 1.94. The molecule has 1 fully saturated rings. The zero-order chi connectivity index (χ0) is 8.81. The number of methoxy groups -OCH3 is 1. The van der Waals surface area contributed by atoms with E-state index in [4.69, 9.17) is 14.2 Å². The average Bonchev–Trinajstić information content (AvgIpc) is 2.56. The Hall–Kier alpha value is -0.160. The number of hydrogen-bond acceptors (Lipinski definition) is 4. The second kappa shape index (κ2) is 5.48. The average molecular weight is 175 g/mol. The summed E-state index contributed by atoms with van der Waals surface area (Å²) in [5, 5.41) is 3.14. The Bertz CT molecular complexity index is 115. The molecule has 0 radical (unpaired) electrons. The minimum Gasteiger partial charge on any atom is -0.383 e. The van der Waals surface area contributed by atoms with Crippen LogP contribution < -0.4 is 5.32 Å². The van der Waals surface area contributed by atoms with E-state index in [0.29, 0.717) is 25.9 Å². The van der Waals surface area contributed by atoms with E-state index < -0.39 is 0 Å². The standard InChI is InChI=1S/C8H17NO3/c1-9-7(6-10-2)5-8-11-3-4-12-8/h7-9H,3-6H2,1-2H3. The molecular weight excluding hydrogens is 158 g/mol. The van der Waals surface area contributed by atoms with Crippen LogP contribution in [0.25, 0.3) is 0 Å². The number of hydrogen-bond donors (Lipinski definition) is 1. The molecule has 12 heavy (non-hydrogen) atoms. The highest BCUT2D eigenvalue weighted by Crippen LogP contribution is 2.10. The maximum atomic E-state index is 5.31. The third-order valence-electron chi connectivity index (χ3n) is 1.94. The molecule has 0 bridgehead atoms. The normalized spacial score (nSPS) is 21.5. The van der Waals surface area contributed by atoms with Crippen molar-refractivity contribution in [1.29, 1.82) is 0 Å². The van der Waals surface area contributed by atoms with Gasteiger partial charge in [0.25, 0.3) is 0 Å². The van der Waals surface area contributed by atoms with Gasteiger partial charge in [-0.25, -0.2) is 0 Å². The van der Waals surface area contributed by atoms with Crippen LogP contribution in [0.5, 0.6) is 0 Å². The lowest BCUT2D eigenvalue weighted by molar-refractivity contribution is -0.0565. The minimum atomic E-state index is -0.0439. The van der Waals surface area contributed by atoms with Crippen molar-refractivity contribution in [1.82, 2.24) is 5.32 Å². The van der Waals surface area contributed by atoms with Gasteiger partial charge in [0.1, 0.15) is 0 Å². The van der Waals surface area contributed by atoms with Gasteiger partial charge in [0.05, 0.1) is 19.8 Å². The van der Waals surface area contributed by atoms with E-state index in [1.807, 2.05) is 7.05 Å². The topological polar surface area (TPSA) is 39.7 Å². The molecule has 1 atom stereocenters. The molecule has 0 aromatic carbocycles. The molecule has 1 N–H and O–H groups in total. The van der Waals surface area contributed by atoms with E-state index in [-0.39, 0.29) is 6.29 Å². The zero-order valence-electron chi connectivity index (χ0n) is 7.71. The largest absolute Gasteiger partial charge is 0.383 e. The van der Waals surface area contributed by atoms with Gasteiger partial charge in [0.15, 0.2) is 6.29 Å². The Morgan fingerprint density at radius 2 is 2.17 bits per heavy atom. The van der Waals surface area contributed by atoms with Gasteiger partial charge in [0.2, 0.25) is 0 Å². The zero-order valence-corrected chi connectivity index (χ0v) is 7.71. The molecule has 1 heterocycles. The summed E-state index contributed by atoms with van der Waals surface area (Å²) in [5.74, 6) is 0. The van der Waals surface area contributed by atoms with Gasteiger partial charge < -0.3 is 19.5 Å². The molecule has 1 rings (SSSR count). The van der Waals surface area contributed by atoms with Crippen molar-refractivity contribution in [2.24, 2.45) is 0 Å². The Labute approximate surface area is 73.2 Å². The molecule has 1 unspecified atom stereocenters. The van der Waals surface area contributed by atoms with E-state index in [2.05, 4.69) is 5.32 Å². The summed E-state index contributed by atoms with van der Waals surface area (Å²) in [6.45, 7) is 2.13. The SMILES string of the molecule is CNC(COC)CC1OCCO1. The van der Waals surface area contributed by atoms with Crippen LogP contribution in [0.4, 0.5) is 0 Å². The Morgan fingerprint density at radius 3 is 2.67 bits per heavy atom. The first-order valence-electron chi connectivity index (χ1n) is 4.26. The van der Waals surface area contributed by atoms with Crippen molar-refractivity contribution in [3.8, 4) is 0 Å². The molecule has 1 aliphatic heterocycles. The van der Waals surface area contributed by atoms with Crippen LogP contribution in [0.3, 0.4) is 0 Å². The first kappa shape index (κ1) is 9.92. The summed E-state index contributed by atoms with van der Waals surface area (Å²) in [7, 11) is 3.61. The molecule has 0 aliphatic carbocycles. The fourth-order valence-corrected chi connectivity index (χ4v) is 1.25. The molecule has 0 aromatic heterocycles. The monoisotopic (exact) mass is 175 g/mol. The number of ether oxygens (including phenoxy) is 3. The third kappa shape index (κ3) is 3.06. The van der Waals surface area contributed by atoms with Crippen LogP contribution in [0.15, 0.2) is 0 Å². The van der Waals surface area contributed by atoms with E-state index in [1.165, 1.54) is 0 Å². The summed E-state index contributed by atoms with van der Waals surface area (Å²) in [6.07, 6.45) is 0.808. The molecule has 0 aromatic rings. The Morgan fingerprint density at radius 1 is 1.50 bits per heavy atom. The van der Waals surface area contributed by atoms with Crippen LogP contribution in [0, 0.1) is 0 Å². The second-order valence-corrected chi connectivity index (χ2v) is 2.85. The van der Waals surface area contributed by atoms with E-state index in [9.17, 15) is 0 Å². The second-order valence-electron chi connectivity index (χ2n) is 2.85. The molecule has 4 heteroatoms. The van der Waals surface area contributed by atoms with E-state index in [0.717, 1.165) is 6.42 Å². The van der Waals surface area contributed by atoms with Crippen LogP contribution in [-0.2, 0) is 14.2 Å². The van der Waals surface area contributed by atoms with Gasteiger partial charge in [-0.15, -0.1) is 0 Å². The van der Waals surface area contributed by atoms with E-state index in [1.54, 1.807) is 7.11 Å². The Kier molecular flexibility index (Phi) is 4.53. The van der Waals surface area contributed by atoms with Gasteiger partial charge in [-0.05, 0) is 7.05 Å². The molecule has 0 amide bonds. The minimum absolute atomic E-state index is 0.0439. The van der Waals surface area contributed by atoms with Crippen molar-refractivity contribution in [3.05, 3.63) is 0 Å². The number of rotatable bonds is 5. The molecule has 0 spiro atoms. The molecule has 72 valence electrons. The maximum Gasteiger partial charge on any atom is 0.159 e. The summed E-state index contributed by atoms with van der Waals surface area (Å²) < 4.78 is 15.7. The summed E-state index contributed by atoms with van der Waals surface area (Å²) >= 11 is 0. The van der Waals surface area contributed by atoms with Gasteiger partial charge in [-0.1, -0.05) is 0 Å². The summed E-state index contributed by atoms with van der Waals surface area (Å²) in [5.41, 5.74) is 0. The van der Waals surface area contributed by atoms with Crippen LogP contribution >= 0.6 is 0 Å². The quantitative estimate of drug-likeness (QED) is 0.637. The van der Waals surface area contributed by atoms with Crippen molar-refractivity contribution >= 4 is 0 Å². The highest BCUT2D eigenvalue weighted by molar-refractivity contribution is 4.67. The Balaban J connectivity index is 2.16. The molecule has 1 aliphatic rings. The van der Waals surface area contributed by atoms with Crippen molar-refractivity contribution in [3.63, 3.8) is 0 Å². The van der Waals surface area contributed by atoms with Crippen LogP contribution in [0.1, 0.15) is 6.42 Å². The highest BCUT2D eigenvalue weighted by atomic mass is 16.7. The molecule has 4 nitrogen and oxygen atoms in total. The highest BCUT2D eigenvalue weighted by Gasteiger charge is 2.20. The molecular formula is C8H17NO3. The van der Waals surface area contributed by atoms with Gasteiger partial charge in [0, 0.05) is 19.6 Å². The van der Waals surface area contributed by atoms with Crippen LogP contribution in [0.2, 0.25) is 0 Å². The predicted molar refractivity (Wildman–Crippen MR) is 45.0 cm³/mol. The smallest absolute Gasteiger partial charge is 0.159 e. The van der Waals surface area contributed by atoms with Crippen LogP contribution in [-0.4, -0.2) is 46.3 Å². The lowest BCUT2D eigenvalue weighted by Crippen LogP contribution is -2.34. The van der Waals surface area contributed by atoms with Gasteiger partial charge in [-0.2, -0.15) is 0 Å². The first-order valence-corrected chi connectivity index (χ1v) is 4.26. The fraction of sp³-hybridized carbons (Fsp3) is 1.00. The summed E-state index contributed by atoms with van der Waals surface area (Å²) in [4.78, 5) is 0. The fourth-order valence-electron chi connectivity index (χ4n) is 1.25. The van der Waals surface area contributed by atoms with E-state index >= 15 is 0 Å². The molecule has 1 saturated heterocycles. The van der Waals surface area contributed by atoms with Crippen molar-refractivity contribution in [2.75, 3.05) is 34.0 Å². The lowest BCUT2D eigenvalue weighted by Gasteiger charge is -2.18. The van der Waals surface area contributed by atoms with Crippen molar-refractivity contribution < 1.29 is 14.2 Å². The van der Waals surface area contributed by atoms with Gasteiger partial charge in [-0.3, -0.25) is 0 Å².